The molecule has 2 amide bonds. The number of amides is 2. The van der Waals surface area contributed by atoms with E-state index >= 15 is 0 Å². The van der Waals surface area contributed by atoms with Gasteiger partial charge in [-0.05, 0) is 42.2 Å². The fourth-order valence-corrected chi connectivity index (χ4v) is 3.70. The highest BCUT2D eigenvalue weighted by Gasteiger charge is 2.19. The number of ether oxygens (including phenoxy) is 1. The highest BCUT2D eigenvalue weighted by Crippen LogP contribution is 2.22. The Hall–Kier alpha value is -3.70. The van der Waals surface area contributed by atoms with E-state index in [1.165, 1.54) is 0 Å². The van der Waals surface area contributed by atoms with E-state index in [1.807, 2.05) is 66.7 Å². The third-order valence-electron chi connectivity index (χ3n) is 5.37. The van der Waals surface area contributed by atoms with Gasteiger partial charge >= 0.3 is 0 Å². The molecule has 0 radical (unpaired) electrons. The molecule has 0 bridgehead atoms. The van der Waals surface area contributed by atoms with E-state index in [0.717, 1.165) is 30.6 Å². The minimum atomic E-state index is -0.278. The van der Waals surface area contributed by atoms with Crippen molar-refractivity contribution in [1.82, 2.24) is 5.32 Å². The fourth-order valence-electron chi connectivity index (χ4n) is 3.70. The van der Waals surface area contributed by atoms with Gasteiger partial charge in [-0.3, -0.25) is 9.59 Å². The molecule has 2 N–H and O–H groups in total. The highest BCUT2D eigenvalue weighted by molar-refractivity contribution is 6.29. The van der Waals surface area contributed by atoms with Gasteiger partial charge in [0, 0.05) is 18.7 Å². The van der Waals surface area contributed by atoms with Crippen molar-refractivity contribution in [3.63, 3.8) is 0 Å². The zero-order valence-corrected chi connectivity index (χ0v) is 17.8. The van der Waals surface area contributed by atoms with Gasteiger partial charge in [0.05, 0.1) is 17.4 Å². The maximum atomic E-state index is 13.3. The van der Waals surface area contributed by atoms with Crippen molar-refractivity contribution < 1.29 is 14.3 Å². The summed E-state index contributed by atoms with van der Waals surface area (Å²) in [6, 6.07) is 26.2. The van der Waals surface area contributed by atoms with E-state index in [2.05, 4.69) is 10.6 Å². The zero-order valence-electron chi connectivity index (χ0n) is 17.8. The summed E-state index contributed by atoms with van der Waals surface area (Å²) in [7, 11) is 0. The smallest absolute Gasteiger partial charge is 0.256 e. The Morgan fingerprint density at radius 1 is 0.906 bits per heavy atom. The van der Waals surface area contributed by atoms with Crippen molar-refractivity contribution in [1.29, 1.82) is 0 Å². The van der Waals surface area contributed by atoms with Crippen molar-refractivity contribution in [2.24, 2.45) is 0 Å². The Bertz CT molecular complexity index is 1090. The SMILES string of the molecule is O=C(Nc1ccccc1C(=O)NCC1CCCO1)/C(=C/c1ccccc1)c1ccccc1. The van der Waals surface area contributed by atoms with Gasteiger partial charge in [0.15, 0.2) is 0 Å². The zero-order chi connectivity index (χ0) is 22.2. The molecule has 1 aliphatic rings. The third-order valence-corrected chi connectivity index (χ3v) is 5.37. The second-order valence-electron chi connectivity index (χ2n) is 7.68. The summed E-state index contributed by atoms with van der Waals surface area (Å²) in [4.78, 5) is 26.1. The molecule has 3 aromatic rings. The van der Waals surface area contributed by atoms with Gasteiger partial charge in [-0.2, -0.15) is 0 Å². The molecule has 1 fully saturated rings. The third kappa shape index (κ3) is 5.50. The van der Waals surface area contributed by atoms with Crippen molar-refractivity contribution >= 4 is 29.2 Å². The predicted molar refractivity (Wildman–Crippen MR) is 127 cm³/mol. The first-order chi connectivity index (χ1) is 15.7. The van der Waals surface area contributed by atoms with Crippen LogP contribution in [0, 0.1) is 0 Å². The van der Waals surface area contributed by atoms with Crippen LogP contribution in [-0.4, -0.2) is 31.1 Å². The van der Waals surface area contributed by atoms with E-state index in [-0.39, 0.29) is 17.9 Å². The molecule has 0 spiro atoms. The van der Waals surface area contributed by atoms with E-state index in [9.17, 15) is 9.59 Å². The molecule has 3 aromatic carbocycles. The summed E-state index contributed by atoms with van der Waals surface area (Å²) in [5.74, 6) is -0.510. The number of carbonyl (C=O) groups is 2. The first kappa shape index (κ1) is 21.5. The lowest BCUT2D eigenvalue weighted by atomic mass is 10.0. The molecule has 1 atom stereocenters. The minimum Gasteiger partial charge on any atom is -0.376 e. The Balaban J connectivity index is 1.56. The molecule has 1 unspecified atom stereocenters. The number of benzene rings is 3. The first-order valence-electron chi connectivity index (χ1n) is 10.8. The van der Waals surface area contributed by atoms with Crippen LogP contribution >= 0.6 is 0 Å². The molecule has 4 rings (SSSR count). The van der Waals surface area contributed by atoms with Crippen molar-refractivity contribution in [2.45, 2.75) is 18.9 Å². The summed E-state index contributed by atoms with van der Waals surface area (Å²) in [5, 5.41) is 5.86. The Labute approximate surface area is 188 Å². The number of carbonyl (C=O) groups excluding carboxylic acids is 2. The minimum absolute atomic E-state index is 0.0548. The second kappa shape index (κ2) is 10.6. The van der Waals surface area contributed by atoms with Gasteiger partial charge in [-0.1, -0.05) is 72.8 Å². The van der Waals surface area contributed by atoms with Crippen LogP contribution in [0.3, 0.4) is 0 Å². The molecular formula is C27H26N2O3. The molecule has 0 aromatic heterocycles. The maximum Gasteiger partial charge on any atom is 0.256 e. The Kier molecular flexibility index (Phi) is 7.10. The van der Waals surface area contributed by atoms with E-state index in [1.54, 1.807) is 24.3 Å². The van der Waals surface area contributed by atoms with Crippen LogP contribution in [0.15, 0.2) is 84.9 Å². The normalized spacial score (nSPS) is 15.9. The number of rotatable bonds is 7. The molecule has 5 heteroatoms. The van der Waals surface area contributed by atoms with Crippen LogP contribution in [0.1, 0.15) is 34.3 Å². The molecule has 0 aliphatic carbocycles. The van der Waals surface area contributed by atoms with E-state index in [0.29, 0.717) is 23.4 Å². The molecule has 162 valence electrons. The number of hydrogen-bond donors (Lipinski definition) is 2. The fraction of sp³-hybridized carbons (Fsp3) is 0.185. The van der Waals surface area contributed by atoms with Crippen LogP contribution < -0.4 is 10.6 Å². The Morgan fingerprint density at radius 2 is 1.59 bits per heavy atom. The maximum absolute atomic E-state index is 13.3. The summed E-state index contributed by atoms with van der Waals surface area (Å²) in [5.41, 5.74) is 3.13. The van der Waals surface area contributed by atoms with Gasteiger partial charge in [0.1, 0.15) is 0 Å². The summed E-state index contributed by atoms with van der Waals surface area (Å²) in [6.07, 6.45) is 3.87. The van der Waals surface area contributed by atoms with Gasteiger partial charge in [0.25, 0.3) is 11.8 Å². The number of anilines is 1. The van der Waals surface area contributed by atoms with Gasteiger partial charge in [-0.15, -0.1) is 0 Å². The monoisotopic (exact) mass is 426 g/mol. The molecule has 1 saturated heterocycles. The van der Waals surface area contributed by atoms with Crippen LogP contribution in [-0.2, 0) is 9.53 Å². The predicted octanol–water partition coefficient (Wildman–Crippen LogP) is 4.77. The lowest BCUT2D eigenvalue weighted by molar-refractivity contribution is -0.111. The quantitative estimate of drug-likeness (QED) is 0.422. The summed E-state index contributed by atoms with van der Waals surface area (Å²) >= 11 is 0. The summed E-state index contributed by atoms with van der Waals surface area (Å²) < 4.78 is 5.58. The van der Waals surface area contributed by atoms with E-state index in [4.69, 9.17) is 4.74 Å². The molecule has 32 heavy (non-hydrogen) atoms. The second-order valence-corrected chi connectivity index (χ2v) is 7.68. The number of nitrogens with one attached hydrogen (secondary N) is 2. The van der Waals surface area contributed by atoms with Crippen LogP contribution in [0.4, 0.5) is 5.69 Å². The van der Waals surface area contributed by atoms with Crippen molar-refractivity contribution in [3.05, 3.63) is 102 Å². The van der Waals surface area contributed by atoms with Crippen LogP contribution in [0.25, 0.3) is 11.6 Å². The van der Waals surface area contributed by atoms with Gasteiger partial charge in [0.2, 0.25) is 0 Å². The lowest BCUT2D eigenvalue weighted by Crippen LogP contribution is -2.32. The highest BCUT2D eigenvalue weighted by atomic mass is 16.5. The van der Waals surface area contributed by atoms with Crippen LogP contribution in [0.2, 0.25) is 0 Å². The average molecular weight is 427 g/mol. The largest absolute Gasteiger partial charge is 0.376 e. The molecule has 0 saturated carbocycles. The van der Waals surface area contributed by atoms with Crippen molar-refractivity contribution in [3.8, 4) is 0 Å². The van der Waals surface area contributed by atoms with E-state index < -0.39 is 0 Å². The topological polar surface area (TPSA) is 67.4 Å². The first-order valence-corrected chi connectivity index (χ1v) is 10.8. The molecule has 5 nitrogen and oxygen atoms in total. The van der Waals surface area contributed by atoms with Crippen LogP contribution in [0.5, 0.6) is 0 Å². The summed E-state index contributed by atoms with van der Waals surface area (Å²) in [6.45, 7) is 1.20. The number of para-hydroxylation sites is 1. The Morgan fingerprint density at radius 3 is 2.31 bits per heavy atom. The number of hydrogen-bond acceptors (Lipinski definition) is 3. The average Bonchev–Trinajstić information content (AvgIpc) is 3.36. The molecule has 1 aliphatic heterocycles. The lowest BCUT2D eigenvalue weighted by Gasteiger charge is -2.15. The molecule has 1 heterocycles. The molecular weight excluding hydrogens is 400 g/mol. The standard InChI is InChI=1S/C27H26N2O3/c30-26(28-19-22-14-9-17-32-22)23-15-7-8-16-25(23)29-27(31)24(21-12-5-2-6-13-21)18-20-10-3-1-4-11-20/h1-8,10-13,15-16,18,22H,9,14,17,19H2,(H,28,30)(H,29,31)/b24-18+. The van der Waals surface area contributed by atoms with Gasteiger partial charge in [-0.25, -0.2) is 0 Å². The van der Waals surface area contributed by atoms with Crippen molar-refractivity contribution in [2.75, 3.05) is 18.5 Å². The van der Waals surface area contributed by atoms with Gasteiger partial charge < -0.3 is 15.4 Å².